The van der Waals surface area contributed by atoms with Crippen molar-refractivity contribution in [1.82, 2.24) is 15.1 Å². The number of carbonyl (C=O) groups excluding carboxylic acids is 1. The summed E-state index contributed by atoms with van der Waals surface area (Å²) >= 11 is 6.02. The van der Waals surface area contributed by atoms with Crippen molar-refractivity contribution < 1.29 is 9.90 Å². The molecule has 1 aliphatic rings. The molecule has 0 aliphatic heterocycles. The van der Waals surface area contributed by atoms with Crippen LogP contribution in [0.25, 0.3) is 5.69 Å². The van der Waals surface area contributed by atoms with Gasteiger partial charge < -0.3 is 10.4 Å². The second-order valence-corrected chi connectivity index (χ2v) is 6.90. The summed E-state index contributed by atoms with van der Waals surface area (Å²) in [5.74, 6) is 0.160. The fourth-order valence-corrected chi connectivity index (χ4v) is 3.41. The van der Waals surface area contributed by atoms with Crippen LogP contribution in [0.2, 0.25) is 5.02 Å². The van der Waals surface area contributed by atoms with Gasteiger partial charge in [0.25, 0.3) is 5.91 Å². The summed E-state index contributed by atoms with van der Waals surface area (Å²) < 4.78 is 1.71. The molecule has 0 radical (unpaired) electrons. The third-order valence-corrected chi connectivity index (χ3v) is 4.71. The molecule has 1 aromatic heterocycles. The third kappa shape index (κ3) is 3.97. The highest BCUT2D eigenvalue weighted by molar-refractivity contribution is 6.30. The van der Waals surface area contributed by atoms with Gasteiger partial charge in [0.1, 0.15) is 0 Å². The molecule has 24 heavy (non-hydrogen) atoms. The number of nitrogens with zero attached hydrogens (tertiary/aromatic N) is 2. The van der Waals surface area contributed by atoms with E-state index in [9.17, 15) is 9.90 Å². The van der Waals surface area contributed by atoms with Crippen molar-refractivity contribution in [1.29, 1.82) is 0 Å². The Morgan fingerprint density at radius 2 is 2.25 bits per heavy atom. The van der Waals surface area contributed by atoms with Gasteiger partial charge in [-0.15, -0.1) is 0 Å². The molecule has 1 fully saturated rings. The number of benzene rings is 1. The predicted molar refractivity (Wildman–Crippen MR) is 93.6 cm³/mol. The number of aromatic nitrogens is 2. The normalized spacial score (nSPS) is 20.8. The van der Waals surface area contributed by atoms with Crippen LogP contribution in [0.5, 0.6) is 0 Å². The highest BCUT2D eigenvalue weighted by Gasteiger charge is 2.21. The van der Waals surface area contributed by atoms with Gasteiger partial charge in [0.05, 0.1) is 11.8 Å². The molecule has 1 amide bonds. The number of carbonyl (C=O) groups is 1. The maximum absolute atomic E-state index is 12.4. The Labute approximate surface area is 146 Å². The zero-order chi connectivity index (χ0) is 17.1. The number of aliphatic hydroxyl groups is 1. The highest BCUT2D eigenvalue weighted by Crippen LogP contribution is 2.23. The summed E-state index contributed by atoms with van der Waals surface area (Å²) in [4.78, 5) is 12.4. The van der Waals surface area contributed by atoms with Crippen molar-refractivity contribution in [2.75, 3.05) is 6.54 Å². The van der Waals surface area contributed by atoms with Gasteiger partial charge in [-0.25, -0.2) is 4.68 Å². The van der Waals surface area contributed by atoms with E-state index >= 15 is 0 Å². The SMILES string of the molecule is Cc1cc(C(=O)NCC2CCCC(O)C2)nn1-c1cccc(Cl)c1. The number of amides is 1. The summed E-state index contributed by atoms with van der Waals surface area (Å²) in [6.07, 6.45) is 3.46. The largest absolute Gasteiger partial charge is 0.393 e. The zero-order valence-corrected chi connectivity index (χ0v) is 14.5. The maximum Gasteiger partial charge on any atom is 0.271 e. The molecule has 0 saturated heterocycles. The maximum atomic E-state index is 12.4. The zero-order valence-electron chi connectivity index (χ0n) is 13.7. The molecule has 1 saturated carbocycles. The fraction of sp³-hybridized carbons (Fsp3) is 0.444. The smallest absolute Gasteiger partial charge is 0.271 e. The van der Waals surface area contributed by atoms with Crippen molar-refractivity contribution >= 4 is 17.5 Å². The quantitative estimate of drug-likeness (QED) is 0.893. The summed E-state index contributed by atoms with van der Waals surface area (Å²) in [5, 5.41) is 17.7. The Morgan fingerprint density at radius 1 is 1.42 bits per heavy atom. The summed E-state index contributed by atoms with van der Waals surface area (Å²) in [7, 11) is 0. The molecule has 128 valence electrons. The Morgan fingerprint density at radius 3 is 3.00 bits per heavy atom. The van der Waals surface area contributed by atoms with E-state index in [0.717, 1.165) is 37.1 Å². The van der Waals surface area contributed by atoms with Gasteiger partial charge >= 0.3 is 0 Å². The number of aryl methyl sites for hydroxylation is 1. The standard InChI is InChI=1S/C18H22ClN3O2/c1-12-8-17(21-22(12)15-6-3-5-14(19)10-15)18(24)20-11-13-4-2-7-16(23)9-13/h3,5-6,8,10,13,16,23H,2,4,7,9,11H2,1H3,(H,20,24). The minimum atomic E-state index is -0.232. The first kappa shape index (κ1) is 17.0. The van der Waals surface area contributed by atoms with Crippen molar-refractivity contribution in [2.24, 2.45) is 5.92 Å². The number of aliphatic hydroxyl groups excluding tert-OH is 1. The fourth-order valence-electron chi connectivity index (χ4n) is 3.23. The predicted octanol–water partition coefficient (Wildman–Crippen LogP) is 3.12. The Kier molecular flexibility index (Phi) is 5.21. The van der Waals surface area contributed by atoms with Crippen LogP contribution in [0.1, 0.15) is 41.9 Å². The number of hydrogen-bond acceptors (Lipinski definition) is 3. The van der Waals surface area contributed by atoms with Crippen LogP contribution in [-0.4, -0.2) is 33.4 Å². The van der Waals surface area contributed by atoms with E-state index in [1.54, 1.807) is 16.8 Å². The second kappa shape index (κ2) is 7.36. The topological polar surface area (TPSA) is 67.2 Å². The van der Waals surface area contributed by atoms with Crippen LogP contribution in [0.15, 0.2) is 30.3 Å². The Bertz CT molecular complexity index is 729. The molecular weight excluding hydrogens is 326 g/mol. The van der Waals surface area contributed by atoms with Crippen LogP contribution >= 0.6 is 11.6 Å². The lowest BCUT2D eigenvalue weighted by Crippen LogP contribution is -2.33. The van der Waals surface area contributed by atoms with E-state index in [4.69, 9.17) is 11.6 Å². The minimum absolute atomic E-state index is 0.182. The molecule has 2 unspecified atom stereocenters. The molecule has 2 N–H and O–H groups in total. The lowest BCUT2D eigenvalue weighted by molar-refractivity contribution is 0.0870. The first-order valence-corrected chi connectivity index (χ1v) is 8.69. The van der Waals surface area contributed by atoms with Gasteiger partial charge in [0.15, 0.2) is 5.69 Å². The number of hydrogen-bond donors (Lipinski definition) is 2. The molecule has 1 aromatic carbocycles. The van der Waals surface area contributed by atoms with Crippen LogP contribution in [0, 0.1) is 12.8 Å². The van der Waals surface area contributed by atoms with Crippen LogP contribution < -0.4 is 5.32 Å². The van der Waals surface area contributed by atoms with E-state index in [1.165, 1.54) is 0 Å². The lowest BCUT2D eigenvalue weighted by atomic mass is 9.87. The van der Waals surface area contributed by atoms with Gasteiger partial charge in [-0.1, -0.05) is 24.1 Å². The first-order chi connectivity index (χ1) is 11.5. The van der Waals surface area contributed by atoms with Crippen LogP contribution in [0.4, 0.5) is 0 Å². The highest BCUT2D eigenvalue weighted by atomic mass is 35.5. The van der Waals surface area contributed by atoms with E-state index in [0.29, 0.717) is 23.2 Å². The number of halogens is 1. The van der Waals surface area contributed by atoms with Crippen LogP contribution in [0.3, 0.4) is 0 Å². The van der Waals surface area contributed by atoms with Gasteiger partial charge in [-0.2, -0.15) is 5.10 Å². The van der Waals surface area contributed by atoms with Gasteiger partial charge in [-0.3, -0.25) is 4.79 Å². The molecule has 0 spiro atoms. The van der Waals surface area contributed by atoms with Gasteiger partial charge in [0, 0.05) is 17.3 Å². The van der Waals surface area contributed by atoms with E-state index in [2.05, 4.69) is 10.4 Å². The molecule has 2 aromatic rings. The molecule has 2 atom stereocenters. The molecule has 1 heterocycles. The van der Waals surface area contributed by atoms with Gasteiger partial charge in [-0.05, 0) is 56.4 Å². The van der Waals surface area contributed by atoms with Gasteiger partial charge in [0.2, 0.25) is 0 Å². The summed E-state index contributed by atoms with van der Waals surface area (Å²) in [5.41, 5.74) is 2.09. The van der Waals surface area contributed by atoms with E-state index in [1.807, 2.05) is 25.1 Å². The van der Waals surface area contributed by atoms with Crippen molar-refractivity contribution in [3.63, 3.8) is 0 Å². The number of nitrogens with one attached hydrogen (secondary N) is 1. The molecule has 3 rings (SSSR count). The van der Waals surface area contributed by atoms with Crippen LogP contribution in [-0.2, 0) is 0 Å². The Balaban J connectivity index is 1.66. The summed E-state index contributed by atoms with van der Waals surface area (Å²) in [6.45, 7) is 2.49. The van der Waals surface area contributed by atoms with Crippen molar-refractivity contribution in [2.45, 2.75) is 38.7 Å². The lowest BCUT2D eigenvalue weighted by Gasteiger charge is -2.25. The second-order valence-electron chi connectivity index (χ2n) is 6.46. The average Bonchev–Trinajstić information content (AvgIpc) is 2.95. The Hall–Kier alpha value is -1.85. The number of rotatable bonds is 4. The third-order valence-electron chi connectivity index (χ3n) is 4.48. The molecular formula is C18H22ClN3O2. The van der Waals surface area contributed by atoms with Crippen molar-refractivity contribution in [3.8, 4) is 5.69 Å². The molecule has 6 heteroatoms. The monoisotopic (exact) mass is 347 g/mol. The van der Waals surface area contributed by atoms with E-state index < -0.39 is 0 Å². The average molecular weight is 348 g/mol. The molecule has 1 aliphatic carbocycles. The van der Waals surface area contributed by atoms with Crippen molar-refractivity contribution in [3.05, 3.63) is 46.7 Å². The minimum Gasteiger partial charge on any atom is -0.393 e. The molecule has 0 bridgehead atoms. The van der Waals surface area contributed by atoms with E-state index in [-0.39, 0.29) is 12.0 Å². The first-order valence-electron chi connectivity index (χ1n) is 8.32. The molecule has 5 nitrogen and oxygen atoms in total. The summed E-state index contributed by atoms with van der Waals surface area (Å²) in [6, 6.07) is 9.14.